The summed E-state index contributed by atoms with van der Waals surface area (Å²) in [5.41, 5.74) is 17.5. The van der Waals surface area contributed by atoms with Crippen molar-refractivity contribution >= 4 is 51.2 Å². The minimum absolute atomic E-state index is 0.231. The van der Waals surface area contributed by atoms with Gasteiger partial charge in [-0.05, 0) is 173 Å². The summed E-state index contributed by atoms with van der Waals surface area (Å²) in [5, 5.41) is 7.27. The van der Waals surface area contributed by atoms with Crippen LogP contribution >= 0.6 is 0 Å². The number of benzene rings is 6. The number of hydrogen-bond donors (Lipinski definition) is 2. The number of nitrogens with zero attached hydrogens (tertiary/aromatic N) is 3. The van der Waals surface area contributed by atoms with Crippen molar-refractivity contribution in [3.63, 3.8) is 0 Å². The molecule has 6 aromatic carbocycles. The van der Waals surface area contributed by atoms with E-state index in [1.54, 1.807) is 0 Å². The standard InChI is InChI=1S/C60H64N5O2/c1-9-66-50-32-26-44(27-33-50)61-46-30-36-54-52(40-46)59(3,4)56(63(54)7)38-24-42-18-17-19-43(58(42)65(48-20-13-11-14-21-48)49-22-15-12-16-23-49)25-39-57-60(5,6)53-41-47(31-37-55(53)64(57)8)62-45-28-34-51(35-29-45)67-10-2/h11-16,20-41,61-62H,9-10,17-19H2,1-8H3/q+1. The zero-order chi connectivity index (χ0) is 46.7. The van der Waals surface area contributed by atoms with Crippen molar-refractivity contribution in [2.45, 2.75) is 71.6 Å². The third kappa shape index (κ3) is 9.03. The van der Waals surface area contributed by atoms with Gasteiger partial charge in [-0.1, -0.05) is 62.4 Å². The lowest BCUT2D eigenvalue weighted by molar-refractivity contribution is -0.401. The Labute approximate surface area is 398 Å². The minimum atomic E-state index is -0.231. The van der Waals surface area contributed by atoms with E-state index in [2.05, 4.69) is 212 Å². The summed E-state index contributed by atoms with van der Waals surface area (Å²) in [4.78, 5) is 4.85. The van der Waals surface area contributed by atoms with E-state index in [1.807, 2.05) is 38.1 Å². The quantitative estimate of drug-likeness (QED) is 0.106. The van der Waals surface area contributed by atoms with Crippen LogP contribution in [0.4, 0.5) is 45.5 Å². The van der Waals surface area contributed by atoms with Gasteiger partial charge in [-0.3, -0.25) is 0 Å². The second-order valence-corrected chi connectivity index (χ2v) is 18.7. The molecule has 340 valence electrons. The van der Waals surface area contributed by atoms with Crippen molar-refractivity contribution in [1.82, 2.24) is 0 Å². The highest BCUT2D eigenvalue weighted by Crippen LogP contribution is 2.49. The smallest absolute Gasteiger partial charge is 0.209 e. The van der Waals surface area contributed by atoms with Crippen LogP contribution in [0.3, 0.4) is 0 Å². The van der Waals surface area contributed by atoms with Gasteiger partial charge in [0, 0.05) is 75.7 Å². The second-order valence-electron chi connectivity index (χ2n) is 18.7. The molecule has 2 N–H and O–H groups in total. The lowest BCUT2D eigenvalue weighted by Gasteiger charge is -2.34. The summed E-state index contributed by atoms with van der Waals surface area (Å²) in [6.45, 7) is 14.7. The molecule has 7 nitrogen and oxygen atoms in total. The van der Waals surface area contributed by atoms with Crippen LogP contribution in [0.5, 0.6) is 11.5 Å². The Balaban J connectivity index is 1.08. The number of allylic oxidation sites excluding steroid dienone is 7. The van der Waals surface area contributed by atoms with Gasteiger partial charge >= 0.3 is 0 Å². The van der Waals surface area contributed by atoms with E-state index >= 15 is 0 Å². The summed E-state index contributed by atoms with van der Waals surface area (Å²) >= 11 is 0. The Morgan fingerprint density at radius 2 is 1.15 bits per heavy atom. The van der Waals surface area contributed by atoms with E-state index < -0.39 is 0 Å². The fourth-order valence-electron chi connectivity index (χ4n) is 10.2. The van der Waals surface area contributed by atoms with E-state index in [1.165, 1.54) is 50.8 Å². The molecule has 6 aromatic rings. The van der Waals surface area contributed by atoms with Crippen molar-refractivity contribution in [1.29, 1.82) is 0 Å². The fourth-order valence-corrected chi connectivity index (χ4v) is 10.2. The molecule has 3 aliphatic rings. The number of anilines is 7. The van der Waals surface area contributed by atoms with Crippen LogP contribution in [0.25, 0.3) is 0 Å². The van der Waals surface area contributed by atoms with Crippen molar-refractivity contribution in [2.75, 3.05) is 47.7 Å². The van der Waals surface area contributed by atoms with Gasteiger partial charge in [0.25, 0.3) is 0 Å². The van der Waals surface area contributed by atoms with Gasteiger partial charge in [-0.15, -0.1) is 0 Å². The summed E-state index contributed by atoms with van der Waals surface area (Å²) in [7, 11) is 4.41. The maximum Gasteiger partial charge on any atom is 0.209 e. The molecule has 0 spiro atoms. The average Bonchev–Trinajstić information content (AvgIpc) is 3.65. The normalized spacial score (nSPS) is 17.3. The van der Waals surface area contributed by atoms with Gasteiger partial charge in [0.1, 0.15) is 18.5 Å². The van der Waals surface area contributed by atoms with Crippen LogP contribution < -0.4 is 29.9 Å². The first-order valence-corrected chi connectivity index (χ1v) is 23.8. The predicted octanol–water partition coefficient (Wildman–Crippen LogP) is 15.0. The first kappa shape index (κ1) is 44.9. The number of ether oxygens (including phenoxy) is 2. The number of nitrogens with one attached hydrogen (secondary N) is 2. The van der Waals surface area contributed by atoms with Crippen molar-refractivity contribution in [2.24, 2.45) is 0 Å². The van der Waals surface area contributed by atoms with E-state index in [0.717, 1.165) is 64.9 Å². The van der Waals surface area contributed by atoms with Gasteiger partial charge in [-0.2, -0.15) is 4.58 Å². The molecule has 0 saturated heterocycles. The summed E-state index contributed by atoms with van der Waals surface area (Å²) < 4.78 is 13.7. The highest BCUT2D eigenvalue weighted by atomic mass is 16.5. The number of fused-ring (bicyclic) bond motifs is 2. The monoisotopic (exact) mass is 887 g/mol. The van der Waals surface area contributed by atoms with Crippen LogP contribution in [-0.2, 0) is 10.8 Å². The lowest BCUT2D eigenvalue weighted by atomic mass is 9.80. The van der Waals surface area contributed by atoms with Gasteiger partial charge < -0.3 is 29.9 Å². The van der Waals surface area contributed by atoms with E-state index in [4.69, 9.17) is 9.47 Å². The third-order valence-corrected chi connectivity index (χ3v) is 13.6. The zero-order valence-corrected chi connectivity index (χ0v) is 40.4. The highest BCUT2D eigenvalue weighted by molar-refractivity contribution is 6.03. The summed E-state index contributed by atoms with van der Waals surface area (Å²) in [6, 6.07) is 51.5. The first-order chi connectivity index (χ1) is 32.5. The Morgan fingerprint density at radius 1 is 0.612 bits per heavy atom. The lowest BCUT2D eigenvalue weighted by Crippen LogP contribution is -2.27. The molecule has 1 aliphatic carbocycles. The van der Waals surface area contributed by atoms with Crippen LogP contribution in [0.1, 0.15) is 71.9 Å². The molecule has 2 heterocycles. The molecule has 67 heavy (non-hydrogen) atoms. The van der Waals surface area contributed by atoms with Gasteiger partial charge in [0.15, 0.2) is 5.71 Å². The number of rotatable bonds is 14. The Kier molecular flexibility index (Phi) is 12.7. The van der Waals surface area contributed by atoms with Crippen molar-refractivity contribution < 1.29 is 14.0 Å². The molecule has 0 bridgehead atoms. The third-order valence-electron chi connectivity index (χ3n) is 13.6. The van der Waals surface area contributed by atoms with E-state index in [0.29, 0.717) is 13.2 Å². The minimum Gasteiger partial charge on any atom is -0.494 e. The maximum atomic E-state index is 5.68. The molecule has 0 amide bonds. The molecular formula is C60H64N5O2+. The van der Waals surface area contributed by atoms with Crippen LogP contribution in [-0.4, -0.2) is 37.6 Å². The molecule has 0 atom stereocenters. The second kappa shape index (κ2) is 18.9. The molecular weight excluding hydrogens is 823 g/mol. The molecule has 0 unspecified atom stereocenters. The number of hydrogen-bond acceptors (Lipinski definition) is 6. The van der Waals surface area contributed by atoms with Crippen LogP contribution in [0.2, 0.25) is 0 Å². The molecule has 7 heteroatoms. The van der Waals surface area contributed by atoms with E-state index in [-0.39, 0.29) is 10.8 Å². The predicted molar refractivity (Wildman–Crippen MR) is 281 cm³/mol. The van der Waals surface area contributed by atoms with Crippen LogP contribution in [0, 0.1) is 0 Å². The topological polar surface area (TPSA) is 52.0 Å². The highest BCUT2D eigenvalue weighted by Gasteiger charge is 2.43. The maximum absolute atomic E-state index is 5.68. The first-order valence-electron chi connectivity index (χ1n) is 23.8. The van der Waals surface area contributed by atoms with Gasteiger partial charge in [-0.25, -0.2) is 0 Å². The van der Waals surface area contributed by atoms with E-state index in [9.17, 15) is 0 Å². The van der Waals surface area contributed by atoms with Crippen LogP contribution in [0.15, 0.2) is 192 Å². The Hall–Kier alpha value is -7.25. The SMILES string of the molecule is CCOc1ccc(Nc2ccc3c(c2)C(C)(C)C(=CC=C2CCCC(C=CC4=[N+](C)c5ccc(Nc6ccc(OCC)cc6)cc5C4(C)C)=C2N(c2ccccc2)c2ccccc2)N3C)cc1. The summed E-state index contributed by atoms with van der Waals surface area (Å²) in [5.74, 6) is 1.76. The number of para-hydroxylation sites is 2. The summed E-state index contributed by atoms with van der Waals surface area (Å²) in [6.07, 6.45) is 12.6. The Bertz CT molecular complexity index is 2870. The van der Waals surface area contributed by atoms with Crippen molar-refractivity contribution in [3.8, 4) is 11.5 Å². The molecule has 9 rings (SSSR count). The molecule has 0 radical (unpaired) electrons. The molecule has 2 aliphatic heterocycles. The van der Waals surface area contributed by atoms with Gasteiger partial charge in [0.2, 0.25) is 5.69 Å². The zero-order valence-electron chi connectivity index (χ0n) is 40.4. The number of likely N-dealkylation sites (N-methyl/N-ethyl adjacent to an activating group) is 1. The molecule has 0 saturated carbocycles. The van der Waals surface area contributed by atoms with Crippen molar-refractivity contribution in [3.05, 3.63) is 204 Å². The fraction of sp³-hybridized carbons (Fsp3) is 0.250. The largest absolute Gasteiger partial charge is 0.494 e. The Morgan fingerprint density at radius 3 is 1.72 bits per heavy atom. The molecule has 0 aromatic heterocycles. The average molecular weight is 887 g/mol. The molecule has 0 fully saturated rings. The van der Waals surface area contributed by atoms with Gasteiger partial charge in [0.05, 0.1) is 24.3 Å².